The van der Waals surface area contributed by atoms with Crippen LogP contribution in [0.4, 0.5) is 0 Å². The molecule has 184 valence electrons. The molecule has 4 aliphatic heterocycles. The molecule has 6 rings (SSSR count). The number of hydrogen-bond donors (Lipinski definition) is 0. The van der Waals surface area contributed by atoms with Crippen LogP contribution in [0.2, 0.25) is 0 Å². The summed E-state index contributed by atoms with van der Waals surface area (Å²) in [7, 11) is 0. The first-order valence-electron chi connectivity index (χ1n) is 12.5. The second-order valence-corrected chi connectivity index (χ2v) is 11.1. The predicted octanol–water partition coefficient (Wildman–Crippen LogP) is 3.37. The molecule has 0 aromatic heterocycles. The molecule has 4 heterocycles. The van der Waals surface area contributed by atoms with Crippen molar-refractivity contribution in [3.8, 4) is 11.5 Å². The Bertz CT molecular complexity index is 1130. The molecule has 7 nitrogen and oxygen atoms in total. The number of carbonyl (C=O) groups is 2. The molecule has 4 aliphatic rings. The van der Waals surface area contributed by atoms with Crippen LogP contribution in [-0.4, -0.2) is 76.5 Å². The molecule has 8 heteroatoms. The summed E-state index contributed by atoms with van der Waals surface area (Å²) in [5.41, 5.74) is 2.70. The van der Waals surface area contributed by atoms with Gasteiger partial charge in [0.2, 0.25) is 12.7 Å². The Kier molecular flexibility index (Phi) is 6.10. The predicted molar refractivity (Wildman–Crippen MR) is 135 cm³/mol. The highest BCUT2D eigenvalue weighted by molar-refractivity contribution is 7.99. The van der Waals surface area contributed by atoms with Crippen LogP contribution in [0.1, 0.15) is 40.7 Å². The Hall–Kier alpha value is -2.71. The topological polar surface area (TPSA) is 62.3 Å². The van der Waals surface area contributed by atoms with E-state index in [-0.39, 0.29) is 24.1 Å². The van der Waals surface area contributed by atoms with Gasteiger partial charge >= 0.3 is 0 Å². The van der Waals surface area contributed by atoms with Crippen molar-refractivity contribution in [2.75, 3.05) is 44.5 Å². The molecule has 2 aromatic carbocycles. The number of thioether (sulfide) groups is 1. The van der Waals surface area contributed by atoms with Crippen molar-refractivity contribution in [1.82, 2.24) is 14.7 Å². The van der Waals surface area contributed by atoms with E-state index in [2.05, 4.69) is 17.0 Å². The van der Waals surface area contributed by atoms with Gasteiger partial charge in [-0.2, -0.15) is 11.8 Å². The molecule has 2 saturated heterocycles. The quantitative estimate of drug-likeness (QED) is 0.637. The van der Waals surface area contributed by atoms with E-state index in [4.69, 9.17) is 9.47 Å². The van der Waals surface area contributed by atoms with Crippen molar-refractivity contribution >= 4 is 23.6 Å². The van der Waals surface area contributed by atoms with Crippen molar-refractivity contribution < 1.29 is 19.1 Å². The van der Waals surface area contributed by atoms with Crippen LogP contribution in [0.5, 0.6) is 11.5 Å². The first-order chi connectivity index (χ1) is 17.1. The van der Waals surface area contributed by atoms with Crippen LogP contribution >= 0.6 is 11.8 Å². The van der Waals surface area contributed by atoms with Crippen molar-refractivity contribution in [1.29, 1.82) is 0 Å². The van der Waals surface area contributed by atoms with Crippen molar-refractivity contribution in [2.24, 2.45) is 0 Å². The third-order valence-electron chi connectivity index (χ3n) is 7.87. The van der Waals surface area contributed by atoms with Crippen LogP contribution in [0.25, 0.3) is 0 Å². The number of rotatable bonds is 5. The number of hydrogen-bond acceptors (Lipinski definition) is 6. The number of fused-ring (bicyclic) bond motifs is 2. The number of piperazine rings is 1. The zero-order chi connectivity index (χ0) is 23.8. The van der Waals surface area contributed by atoms with E-state index in [1.165, 1.54) is 5.56 Å². The second-order valence-electron chi connectivity index (χ2n) is 9.91. The first-order valence-corrected chi connectivity index (χ1v) is 13.6. The summed E-state index contributed by atoms with van der Waals surface area (Å²) in [4.78, 5) is 33.3. The highest BCUT2D eigenvalue weighted by Gasteiger charge is 2.46. The van der Waals surface area contributed by atoms with E-state index < -0.39 is 0 Å². The van der Waals surface area contributed by atoms with Gasteiger partial charge in [-0.3, -0.25) is 14.5 Å². The molecular formula is C27H31N3O4S. The number of ether oxygens (including phenoxy) is 2. The molecule has 0 unspecified atom stereocenters. The molecule has 2 fully saturated rings. The van der Waals surface area contributed by atoms with Crippen molar-refractivity contribution in [2.45, 2.75) is 37.9 Å². The number of amides is 2. The van der Waals surface area contributed by atoms with Crippen LogP contribution < -0.4 is 9.47 Å². The third kappa shape index (κ3) is 4.38. The maximum Gasteiger partial charge on any atom is 0.254 e. The molecule has 2 aromatic rings. The molecular weight excluding hydrogens is 462 g/mol. The van der Waals surface area contributed by atoms with E-state index >= 15 is 0 Å². The van der Waals surface area contributed by atoms with E-state index in [0.717, 1.165) is 79.7 Å². The lowest BCUT2D eigenvalue weighted by Gasteiger charge is -2.45. The first kappa shape index (κ1) is 22.7. The number of benzene rings is 2. The summed E-state index contributed by atoms with van der Waals surface area (Å²) in [6.45, 7) is 4.88. The molecule has 0 atom stereocenters. The minimum Gasteiger partial charge on any atom is -0.454 e. The fourth-order valence-electron chi connectivity index (χ4n) is 5.78. The van der Waals surface area contributed by atoms with Crippen LogP contribution in [0.15, 0.2) is 42.5 Å². The maximum atomic E-state index is 13.5. The van der Waals surface area contributed by atoms with Crippen molar-refractivity contribution in [3.05, 3.63) is 59.2 Å². The van der Waals surface area contributed by atoms with E-state index in [0.29, 0.717) is 13.0 Å². The van der Waals surface area contributed by atoms with Gasteiger partial charge in [0.15, 0.2) is 11.5 Å². The zero-order valence-corrected chi connectivity index (χ0v) is 20.7. The molecule has 0 aliphatic carbocycles. The van der Waals surface area contributed by atoms with Gasteiger partial charge in [-0.25, -0.2) is 0 Å². The van der Waals surface area contributed by atoms with Crippen LogP contribution in [0, 0.1) is 0 Å². The monoisotopic (exact) mass is 493 g/mol. The Morgan fingerprint density at radius 1 is 0.971 bits per heavy atom. The lowest BCUT2D eigenvalue weighted by Crippen LogP contribution is -2.56. The largest absolute Gasteiger partial charge is 0.454 e. The minimum absolute atomic E-state index is 0.0915. The second kappa shape index (κ2) is 9.39. The van der Waals surface area contributed by atoms with E-state index in [9.17, 15) is 9.59 Å². The number of carbonyl (C=O) groups excluding carboxylic acids is 2. The summed E-state index contributed by atoms with van der Waals surface area (Å²) in [6, 6.07) is 14.0. The summed E-state index contributed by atoms with van der Waals surface area (Å²) < 4.78 is 10.9. The van der Waals surface area contributed by atoms with Gasteiger partial charge in [-0.1, -0.05) is 24.3 Å². The minimum atomic E-state index is -0.373. The van der Waals surface area contributed by atoms with E-state index in [1.54, 1.807) is 0 Å². The maximum absolute atomic E-state index is 13.5. The summed E-state index contributed by atoms with van der Waals surface area (Å²) in [5, 5.41) is 0. The average Bonchev–Trinajstić information content (AvgIpc) is 3.49. The van der Waals surface area contributed by atoms with Crippen molar-refractivity contribution in [3.63, 3.8) is 0 Å². The lowest BCUT2D eigenvalue weighted by molar-refractivity contribution is -0.136. The Morgan fingerprint density at radius 2 is 1.74 bits per heavy atom. The number of nitrogens with zero attached hydrogens (tertiary/aromatic N) is 3. The molecule has 35 heavy (non-hydrogen) atoms. The summed E-state index contributed by atoms with van der Waals surface area (Å²) in [5.74, 6) is 3.88. The lowest BCUT2D eigenvalue weighted by atomic mass is 9.85. The zero-order valence-electron chi connectivity index (χ0n) is 19.9. The smallest absolute Gasteiger partial charge is 0.254 e. The Labute approximate surface area is 210 Å². The SMILES string of the molecule is O=C(CC1(N2Cc3ccccc3C2=O)CCSCC1)N1CCN(Cc2ccc3c(c2)OCO3)CC1. The highest BCUT2D eigenvalue weighted by atomic mass is 32.2. The molecule has 0 saturated carbocycles. The standard InChI is InChI=1S/C27H31N3O4S/c31-25(29-11-9-28(10-12-29)17-20-5-6-23-24(15-20)34-19-33-23)16-27(7-13-35-14-8-27)30-18-21-3-1-2-4-22(21)26(30)32/h1-6,15H,7-14,16-19H2. The Morgan fingerprint density at radius 3 is 2.54 bits per heavy atom. The fraction of sp³-hybridized carbons (Fsp3) is 0.481. The van der Waals surface area contributed by atoms with E-state index in [1.807, 2.05) is 51.9 Å². The normalized spacial score (nSPS) is 21.3. The van der Waals surface area contributed by atoms with Gasteiger partial charge in [-0.15, -0.1) is 0 Å². The molecule has 0 N–H and O–H groups in total. The van der Waals surface area contributed by atoms with Gasteiger partial charge in [0, 0.05) is 44.8 Å². The molecule has 2 amide bonds. The van der Waals surface area contributed by atoms with Crippen LogP contribution in [-0.2, 0) is 17.9 Å². The molecule has 0 radical (unpaired) electrons. The summed E-state index contributed by atoms with van der Waals surface area (Å²) in [6.07, 6.45) is 2.19. The Balaban J connectivity index is 1.09. The van der Waals surface area contributed by atoms with Gasteiger partial charge < -0.3 is 19.3 Å². The summed E-state index contributed by atoms with van der Waals surface area (Å²) >= 11 is 1.93. The molecule has 0 bridgehead atoms. The van der Waals surface area contributed by atoms with Crippen LogP contribution in [0.3, 0.4) is 0 Å². The average molecular weight is 494 g/mol. The van der Waals surface area contributed by atoms with Gasteiger partial charge in [0.25, 0.3) is 5.91 Å². The van der Waals surface area contributed by atoms with Gasteiger partial charge in [-0.05, 0) is 53.7 Å². The van der Waals surface area contributed by atoms with Gasteiger partial charge in [0.05, 0.1) is 12.0 Å². The fourth-order valence-corrected chi connectivity index (χ4v) is 7.03. The van der Waals surface area contributed by atoms with Gasteiger partial charge in [0.1, 0.15) is 0 Å². The third-order valence-corrected chi connectivity index (χ3v) is 8.85. The molecule has 0 spiro atoms. The highest BCUT2D eigenvalue weighted by Crippen LogP contribution is 2.41.